The van der Waals surface area contributed by atoms with Crippen LogP contribution in [0.3, 0.4) is 0 Å². The van der Waals surface area contributed by atoms with E-state index < -0.39 is 6.10 Å². The number of ether oxygens (including phenoxy) is 1. The van der Waals surface area contributed by atoms with E-state index in [9.17, 15) is 4.79 Å². The molecule has 0 spiro atoms. The molecule has 0 radical (unpaired) electrons. The Balaban J connectivity index is 2.09. The Kier molecular flexibility index (Phi) is 4.54. The average molecular weight is 279 g/mol. The molecule has 0 bridgehead atoms. The Morgan fingerprint density at radius 1 is 1.63 bits per heavy atom. The highest BCUT2D eigenvalue weighted by molar-refractivity contribution is 6.31. The van der Waals surface area contributed by atoms with Gasteiger partial charge >= 0.3 is 0 Å². The molecule has 5 heteroatoms. The van der Waals surface area contributed by atoms with Crippen molar-refractivity contribution in [1.82, 2.24) is 4.90 Å². The Morgan fingerprint density at radius 2 is 2.42 bits per heavy atom. The van der Waals surface area contributed by atoms with Gasteiger partial charge in [-0.15, -0.1) is 0 Å². The fourth-order valence-corrected chi connectivity index (χ4v) is 2.34. The highest BCUT2D eigenvalue weighted by Crippen LogP contribution is 2.16. The first kappa shape index (κ1) is 14.0. The van der Waals surface area contributed by atoms with E-state index in [0.29, 0.717) is 30.3 Å². The largest absolute Gasteiger partial charge is 0.361 e. The normalized spacial score (nSPS) is 21.6. The van der Waals surface area contributed by atoms with Crippen molar-refractivity contribution in [3.63, 3.8) is 0 Å². The van der Waals surface area contributed by atoms with Crippen LogP contribution in [0.25, 0.3) is 0 Å². The molecule has 2 unspecified atom stereocenters. The molecule has 2 atom stereocenters. The van der Waals surface area contributed by atoms with Crippen LogP contribution in [-0.2, 0) is 4.74 Å². The molecule has 0 aliphatic carbocycles. The van der Waals surface area contributed by atoms with Crippen molar-refractivity contribution >= 4 is 17.4 Å². The van der Waals surface area contributed by atoms with E-state index in [0.717, 1.165) is 0 Å². The number of hydrogen-bond donors (Lipinski definition) is 0. The zero-order valence-corrected chi connectivity index (χ0v) is 11.4. The van der Waals surface area contributed by atoms with Gasteiger partial charge in [0.1, 0.15) is 0 Å². The summed E-state index contributed by atoms with van der Waals surface area (Å²) in [6.07, 6.45) is -0.455. The van der Waals surface area contributed by atoms with Gasteiger partial charge < -0.3 is 4.74 Å². The second-order valence-electron chi connectivity index (χ2n) is 4.53. The van der Waals surface area contributed by atoms with Crippen LogP contribution in [0, 0.1) is 11.3 Å². The quantitative estimate of drug-likeness (QED) is 0.795. The van der Waals surface area contributed by atoms with E-state index in [4.69, 9.17) is 21.6 Å². The highest BCUT2D eigenvalue weighted by atomic mass is 35.5. The predicted molar refractivity (Wildman–Crippen MR) is 72.2 cm³/mol. The molecule has 0 aromatic heterocycles. The van der Waals surface area contributed by atoms with Crippen LogP contribution in [0.2, 0.25) is 5.02 Å². The van der Waals surface area contributed by atoms with Gasteiger partial charge in [-0.25, -0.2) is 0 Å². The van der Waals surface area contributed by atoms with Crippen LogP contribution >= 0.6 is 11.6 Å². The van der Waals surface area contributed by atoms with Gasteiger partial charge in [-0.3, -0.25) is 9.69 Å². The van der Waals surface area contributed by atoms with E-state index >= 15 is 0 Å². The number of halogens is 1. The standard InChI is InChI=1S/C14H15ClN2O2/c1-10(17-5-6-19-13(8-16)9-17)14(18)11-3-2-4-12(15)7-11/h2-4,7,10,13H,5-6,9H2,1H3. The van der Waals surface area contributed by atoms with Crippen LogP contribution in [0.5, 0.6) is 0 Å². The zero-order chi connectivity index (χ0) is 13.8. The number of carbonyl (C=O) groups excluding carboxylic acids is 1. The van der Waals surface area contributed by atoms with Crippen LogP contribution in [0.1, 0.15) is 17.3 Å². The Morgan fingerprint density at radius 3 is 3.11 bits per heavy atom. The van der Waals surface area contributed by atoms with Gasteiger partial charge in [-0.2, -0.15) is 5.26 Å². The van der Waals surface area contributed by atoms with Crippen LogP contribution in [-0.4, -0.2) is 42.5 Å². The van der Waals surface area contributed by atoms with Gasteiger partial charge in [0.25, 0.3) is 0 Å². The third-order valence-electron chi connectivity index (χ3n) is 3.28. The molecule has 1 saturated heterocycles. The molecule has 1 aliphatic heterocycles. The van der Waals surface area contributed by atoms with Gasteiger partial charge in [0.2, 0.25) is 0 Å². The summed E-state index contributed by atoms with van der Waals surface area (Å²) in [5.74, 6) is 0.0149. The van der Waals surface area contributed by atoms with E-state index in [1.165, 1.54) is 0 Å². The lowest BCUT2D eigenvalue weighted by molar-refractivity contribution is -0.0109. The Bertz CT molecular complexity index is 512. The third kappa shape index (κ3) is 3.32. The molecule has 100 valence electrons. The van der Waals surface area contributed by atoms with Crippen LogP contribution in [0.15, 0.2) is 24.3 Å². The summed E-state index contributed by atoms with van der Waals surface area (Å²) in [7, 11) is 0. The number of nitrogens with zero attached hydrogens (tertiary/aromatic N) is 2. The first-order chi connectivity index (χ1) is 9.11. The number of rotatable bonds is 3. The maximum atomic E-state index is 12.4. The fourth-order valence-electron chi connectivity index (χ4n) is 2.15. The molecule has 0 amide bonds. The summed E-state index contributed by atoms with van der Waals surface area (Å²) < 4.78 is 5.28. The highest BCUT2D eigenvalue weighted by Gasteiger charge is 2.28. The molecular formula is C14H15ClN2O2. The van der Waals surface area contributed by atoms with Crippen LogP contribution < -0.4 is 0 Å². The zero-order valence-electron chi connectivity index (χ0n) is 10.7. The lowest BCUT2D eigenvalue weighted by Crippen LogP contribution is -2.49. The smallest absolute Gasteiger partial charge is 0.179 e. The second kappa shape index (κ2) is 6.16. The summed E-state index contributed by atoms with van der Waals surface area (Å²) in [5, 5.41) is 9.43. The molecule has 1 aliphatic rings. The molecule has 0 saturated carbocycles. The molecule has 1 heterocycles. The monoisotopic (exact) mass is 278 g/mol. The number of benzene rings is 1. The predicted octanol–water partition coefficient (Wildman–Crippen LogP) is 2.14. The van der Waals surface area contributed by atoms with Crippen LogP contribution in [0.4, 0.5) is 0 Å². The minimum atomic E-state index is -0.455. The summed E-state index contributed by atoms with van der Waals surface area (Å²) in [6, 6.07) is 8.73. The van der Waals surface area contributed by atoms with Gasteiger partial charge in [-0.05, 0) is 19.1 Å². The number of ketones is 1. The van der Waals surface area contributed by atoms with E-state index in [-0.39, 0.29) is 11.8 Å². The first-order valence-corrected chi connectivity index (χ1v) is 6.54. The molecule has 19 heavy (non-hydrogen) atoms. The minimum absolute atomic E-state index is 0.0149. The van der Waals surface area contributed by atoms with Gasteiger partial charge in [0.15, 0.2) is 11.9 Å². The van der Waals surface area contributed by atoms with Crippen molar-refractivity contribution < 1.29 is 9.53 Å². The number of morpholine rings is 1. The molecular weight excluding hydrogens is 264 g/mol. The van der Waals surface area contributed by atoms with Crippen molar-refractivity contribution in [3.8, 4) is 6.07 Å². The SMILES string of the molecule is CC(C(=O)c1cccc(Cl)c1)N1CCOC(C#N)C1. The fraction of sp³-hybridized carbons (Fsp3) is 0.429. The molecule has 2 rings (SSSR count). The van der Waals surface area contributed by atoms with Gasteiger partial charge in [-0.1, -0.05) is 23.7 Å². The number of nitriles is 1. The van der Waals surface area contributed by atoms with Crippen molar-refractivity contribution in [2.24, 2.45) is 0 Å². The Labute approximate surface area is 117 Å². The lowest BCUT2D eigenvalue weighted by Gasteiger charge is -2.33. The van der Waals surface area contributed by atoms with Crippen molar-refractivity contribution in [2.45, 2.75) is 19.1 Å². The molecule has 1 fully saturated rings. The number of hydrogen-bond acceptors (Lipinski definition) is 4. The average Bonchev–Trinajstić information content (AvgIpc) is 2.45. The van der Waals surface area contributed by atoms with Crippen molar-refractivity contribution in [3.05, 3.63) is 34.9 Å². The first-order valence-electron chi connectivity index (χ1n) is 6.17. The van der Waals surface area contributed by atoms with Crippen molar-refractivity contribution in [1.29, 1.82) is 5.26 Å². The third-order valence-corrected chi connectivity index (χ3v) is 3.51. The summed E-state index contributed by atoms with van der Waals surface area (Å²) in [5.41, 5.74) is 0.597. The van der Waals surface area contributed by atoms with E-state index in [1.54, 1.807) is 24.3 Å². The number of Topliss-reactive ketones (excluding diaryl/α,β-unsaturated/α-hetero) is 1. The molecule has 1 aromatic carbocycles. The van der Waals surface area contributed by atoms with E-state index in [2.05, 4.69) is 6.07 Å². The maximum Gasteiger partial charge on any atom is 0.179 e. The minimum Gasteiger partial charge on any atom is -0.361 e. The molecule has 4 nitrogen and oxygen atoms in total. The molecule has 0 N–H and O–H groups in total. The lowest BCUT2D eigenvalue weighted by atomic mass is 10.0. The molecule has 1 aromatic rings. The Hall–Kier alpha value is -1.41. The van der Waals surface area contributed by atoms with Gasteiger partial charge in [0, 0.05) is 23.7 Å². The summed E-state index contributed by atoms with van der Waals surface area (Å²) >= 11 is 5.90. The summed E-state index contributed by atoms with van der Waals surface area (Å²) in [4.78, 5) is 14.3. The topological polar surface area (TPSA) is 53.3 Å². The maximum absolute atomic E-state index is 12.4. The summed E-state index contributed by atoms with van der Waals surface area (Å²) in [6.45, 7) is 3.45. The second-order valence-corrected chi connectivity index (χ2v) is 4.97. The number of carbonyl (C=O) groups is 1. The van der Waals surface area contributed by atoms with E-state index in [1.807, 2.05) is 11.8 Å². The van der Waals surface area contributed by atoms with Crippen molar-refractivity contribution in [2.75, 3.05) is 19.7 Å². The van der Waals surface area contributed by atoms with Gasteiger partial charge in [0.05, 0.1) is 18.7 Å².